The van der Waals surface area contributed by atoms with Gasteiger partial charge in [-0.15, -0.1) is 12.4 Å². The second-order valence-electron chi connectivity index (χ2n) is 7.62. The molecule has 7 nitrogen and oxygen atoms in total. The van der Waals surface area contributed by atoms with Crippen LogP contribution in [0.25, 0.3) is 22.2 Å². The van der Waals surface area contributed by atoms with E-state index in [0.717, 1.165) is 16.5 Å². The Morgan fingerprint density at radius 2 is 1.76 bits per heavy atom. The number of hydrogen-bond acceptors (Lipinski definition) is 6. The fourth-order valence-corrected chi connectivity index (χ4v) is 3.76. The van der Waals surface area contributed by atoms with Crippen LogP contribution in [0.15, 0.2) is 66.7 Å². The number of para-hydroxylation sites is 1. The molecule has 8 heteroatoms. The lowest BCUT2D eigenvalue weighted by Crippen LogP contribution is -2.14. The molecule has 5 rings (SSSR count). The topological polar surface area (TPSA) is 86.8 Å². The number of amides is 1. The summed E-state index contributed by atoms with van der Waals surface area (Å²) in [5.74, 6) is 0.549. The van der Waals surface area contributed by atoms with Crippen LogP contribution in [0.5, 0.6) is 11.5 Å². The molecule has 2 heterocycles. The minimum atomic E-state index is -0.468. The first-order valence-corrected chi connectivity index (χ1v) is 10.3. The summed E-state index contributed by atoms with van der Waals surface area (Å²) in [6, 6.07) is 19.8. The Labute approximate surface area is 202 Å². The molecule has 0 saturated heterocycles. The van der Waals surface area contributed by atoms with E-state index in [2.05, 4.69) is 5.32 Å². The van der Waals surface area contributed by atoms with Crippen LogP contribution in [0.2, 0.25) is 0 Å². The summed E-state index contributed by atoms with van der Waals surface area (Å²) < 4.78 is 15.7. The van der Waals surface area contributed by atoms with Crippen molar-refractivity contribution >= 4 is 40.9 Å². The Morgan fingerprint density at radius 1 is 0.971 bits per heavy atom. The summed E-state index contributed by atoms with van der Waals surface area (Å²) in [5.41, 5.74) is 4.33. The molecule has 0 aliphatic carbocycles. The number of hydrogen-bond donors (Lipinski definition) is 1. The van der Waals surface area contributed by atoms with Gasteiger partial charge >= 0.3 is 5.97 Å². The number of methoxy groups -OCH3 is 1. The van der Waals surface area contributed by atoms with Crippen molar-refractivity contribution in [2.24, 2.45) is 0 Å². The zero-order valence-corrected chi connectivity index (χ0v) is 19.3. The SMILES string of the molecule is COC(=O)c1ccc(C)c(NC(=O)c2cc(-c3ccc4c(c3)OCO4)nc3ccccc23)c1.Cl. The first-order chi connectivity index (χ1) is 16.0. The van der Waals surface area contributed by atoms with E-state index < -0.39 is 5.97 Å². The highest BCUT2D eigenvalue weighted by atomic mass is 35.5. The van der Waals surface area contributed by atoms with E-state index >= 15 is 0 Å². The highest BCUT2D eigenvalue weighted by Crippen LogP contribution is 2.36. The molecule has 34 heavy (non-hydrogen) atoms. The van der Waals surface area contributed by atoms with Crippen LogP contribution >= 0.6 is 12.4 Å². The van der Waals surface area contributed by atoms with Gasteiger partial charge in [0.2, 0.25) is 6.79 Å². The zero-order chi connectivity index (χ0) is 22.9. The summed E-state index contributed by atoms with van der Waals surface area (Å²) in [6.07, 6.45) is 0. The van der Waals surface area contributed by atoms with Gasteiger partial charge in [0.25, 0.3) is 5.91 Å². The number of pyridine rings is 1. The van der Waals surface area contributed by atoms with Gasteiger partial charge in [-0.3, -0.25) is 4.79 Å². The van der Waals surface area contributed by atoms with Crippen LogP contribution in [0.3, 0.4) is 0 Å². The molecule has 0 radical (unpaired) electrons. The fraction of sp³-hybridized carbons (Fsp3) is 0.115. The Morgan fingerprint density at radius 3 is 2.59 bits per heavy atom. The third-order valence-electron chi connectivity index (χ3n) is 5.54. The van der Waals surface area contributed by atoms with E-state index in [1.54, 1.807) is 24.3 Å². The van der Waals surface area contributed by atoms with Gasteiger partial charge < -0.3 is 19.5 Å². The van der Waals surface area contributed by atoms with Gasteiger partial charge in [-0.1, -0.05) is 24.3 Å². The molecule has 1 aromatic heterocycles. The average Bonchev–Trinajstić information content (AvgIpc) is 3.32. The van der Waals surface area contributed by atoms with Crippen molar-refractivity contribution in [3.05, 3.63) is 83.4 Å². The van der Waals surface area contributed by atoms with Crippen molar-refractivity contribution in [2.45, 2.75) is 6.92 Å². The zero-order valence-electron chi connectivity index (χ0n) is 18.5. The molecule has 0 unspecified atom stereocenters. The predicted octanol–water partition coefficient (Wildman–Crippen LogP) is 5.40. The Bertz CT molecular complexity index is 1420. The molecule has 1 N–H and O–H groups in total. The van der Waals surface area contributed by atoms with Gasteiger partial charge in [0.1, 0.15) is 0 Å². The number of nitrogens with one attached hydrogen (secondary N) is 1. The summed E-state index contributed by atoms with van der Waals surface area (Å²) in [4.78, 5) is 30.1. The molecule has 0 spiro atoms. The largest absolute Gasteiger partial charge is 0.465 e. The second kappa shape index (κ2) is 9.41. The molecule has 1 aliphatic rings. The minimum Gasteiger partial charge on any atom is -0.465 e. The molecular weight excluding hydrogens is 456 g/mol. The number of benzene rings is 3. The van der Waals surface area contributed by atoms with Crippen molar-refractivity contribution in [1.29, 1.82) is 0 Å². The van der Waals surface area contributed by atoms with Crippen LogP contribution in [0.4, 0.5) is 5.69 Å². The number of anilines is 1. The number of carbonyl (C=O) groups is 2. The number of carbonyl (C=O) groups excluding carboxylic acids is 2. The first-order valence-electron chi connectivity index (χ1n) is 10.3. The van der Waals surface area contributed by atoms with Crippen LogP contribution in [0, 0.1) is 6.92 Å². The lowest BCUT2D eigenvalue weighted by Gasteiger charge is -2.13. The summed E-state index contributed by atoms with van der Waals surface area (Å²) in [6.45, 7) is 2.04. The average molecular weight is 477 g/mol. The maximum atomic E-state index is 13.4. The van der Waals surface area contributed by atoms with Gasteiger partial charge in [0.15, 0.2) is 11.5 Å². The van der Waals surface area contributed by atoms with Gasteiger partial charge in [-0.2, -0.15) is 0 Å². The summed E-state index contributed by atoms with van der Waals surface area (Å²) in [7, 11) is 1.32. The van der Waals surface area contributed by atoms with Crippen LogP contribution in [-0.2, 0) is 4.74 Å². The molecular formula is C26H21ClN2O5. The number of esters is 1. The van der Waals surface area contributed by atoms with Crippen LogP contribution in [0.1, 0.15) is 26.3 Å². The third-order valence-corrected chi connectivity index (χ3v) is 5.54. The normalized spacial score (nSPS) is 11.6. The first kappa shape index (κ1) is 23.1. The van der Waals surface area contributed by atoms with Gasteiger partial charge in [0.05, 0.1) is 29.4 Å². The van der Waals surface area contributed by atoms with E-state index in [1.165, 1.54) is 7.11 Å². The van der Waals surface area contributed by atoms with Crippen molar-refractivity contribution in [3.8, 4) is 22.8 Å². The van der Waals surface area contributed by atoms with Gasteiger partial charge in [-0.05, 0) is 55.0 Å². The van der Waals surface area contributed by atoms with Crippen molar-refractivity contribution in [3.63, 3.8) is 0 Å². The lowest BCUT2D eigenvalue weighted by atomic mass is 10.0. The van der Waals surface area contributed by atoms with Crippen LogP contribution < -0.4 is 14.8 Å². The smallest absolute Gasteiger partial charge is 0.337 e. The van der Waals surface area contributed by atoms with Crippen molar-refractivity contribution in [1.82, 2.24) is 4.98 Å². The molecule has 1 amide bonds. The maximum Gasteiger partial charge on any atom is 0.337 e. The van der Waals surface area contributed by atoms with E-state index in [9.17, 15) is 9.59 Å². The Balaban J connectivity index is 0.00000274. The second-order valence-corrected chi connectivity index (χ2v) is 7.62. The summed E-state index contributed by atoms with van der Waals surface area (Å²) >= 11 is 0. The van der Waals surface area contributed by atoms with Crippen molar-refractivity contribution in [2.75, 3.05) is 19.2 Å². The number of fused-ring (bicyclic) bond motifs is 2. The standard InChI is InChI=1S/C26H20N2O5.ClH/c1-15-7-8-17(26(30)31-2)11-21(15)28-25(29)19-13-22(27-20-6-4-3-5-18(19)20)16-9-10-23-24(12-16)33-14-32-23;/h3-13H,14H2,1-2H3,(H,28,29);1H. The third kappa shape index (κ3) is 4.25. The quantitative estimate of drug-likeness (QED) is 0.397. The number of aromatic nitrogens is 1. The minimum absolute atomic E-state index is 0. The maximum absolute atomic E-state index is 13.4. The van der Waals surface area contributed by atoms with E-state index in [4.69, 9.17) is 19.2 Å². The summed E-state index contributed by atoms with van der Waals surface area (Å²) in [5, 5.41) is 3.66. The Kier molecular flexibility index (Phi) is 6.38. The number of ether oxygens (including phenoxy) is 3. The van der Waals surface area contributed by atoms with E-state index in [0.29, 0.717) is 39.5 Å². The number of halogens is 1. The molecule has 4 aromatic rings. The molecule has 1 aliphatic heterocycles. The highest BCUT2D eigenvalue weighted by Gasteiger charge is 2.18. The number of aryl methyl sites for hydroxylation is 1. The lowest BCUT2D eigenvalue weighted by molar-refractivity contribution is 0.0600. The highest BCUT2D eigenvalue weighted by molar-refractivity contribution is 6.13. The molecule has 0 saturated carbocycles. The predicted molar refractivity (Wildman–Crippen MR) is 131 cm³/mol. The number of rotatable bonds is 4. The van der Waals surface area contributed by atoms with E-state index in [-0.39, 0.29) is 25.1 Å². The molecule has 172 valence electrons. The van der Waals surface area contributed by atoms with E-state index in [1.807, 2.05) is 49.4 Å². The van der Waals surface area contributed by atoms with Gasteiger partial charge in [0, 0.05) is 16.6 Å². The van der Waals surface area contributed by atoms with Crippen LogP contribution in [-0.4, -0.2) is 30.8 Å². The fourth-order valence-electron chi connectivity index (χ4n) is 3.76. The Hall–Kier alpha value is -4.10. The van der Waals surface area contributed by atoms with Crippen molar-refractivity contribution < 1.29 is 23.8 Å². The number of nitrogens with zero attached hydrogens (tertiary/aromatic N) is 1. The molecule has 0 atom stereocenters. The molecule has 0 fully saturated rings. The molecule has 0 bridgehead atoms. The monoisotopic (exact) mass is 476 g/mol. The van der Waals surface area contributed by atoms with Gasteiger partial charge in [-0.25, -0.2) is 9.78 Å². The molecule has 3 aromatic carbocycles.